The topological polar surface area (TPSA) is 55.4 Å². The molecule has 2 aromatic rings. The number of hydrogen-bond donors (Lipinski definition) is 1. The van der Waals surface area contributed by atoms with Gasteiger partial charge in [-0.3, -0.25) is 4.72 Å². The van der Waals surface area contributed by atoms with E-state index in [0.717, 1.165) is 0 Å². The molecule has 0 atom stereocenters. The number of ether oxygens (including phenoxy) is 1. The summed E-state index contributed by atoms with van der Waals surface area (Å²) in [5.74, 6) is -4.53. The Kier molecular flexibility index (Phi) is 4.60. The number of anilines is 1. The van der Waals surface area contributed by atoms with Crippen molar-refractivity contribution in [3.8, 4) is 5.75 Å². The maximum Gasteiger partial charge on any atom is 0.264 e. The van der Waals surface area contributed by atoms with E-state index in [-0.39, 0.29) is 5.69 Å². The van der Waals surface area contributed by atoms with Crippen LogP contribution in [0.5, 0.6) is 5.75 Å². The van der Waals surface area contributed by atoms with Crippen molar-refractivity contribution in [2.45, 2.75) is 11.8 Å². The minimum Gasteiger partial charge on any atom is -0.494 e. The summed E-state index contributed by atoms with van der Waals surface area (Å²) in [6.07, 6.45) is 0. The third-order valence-corrected chi connectivity index (χ3v) is 4.11. The van der Waals surface area contributed by atoms with E-state index in [9.17, 15) is 21.6 Å². The molecule has 0 saturated heterocycles. The summed E-state index contributed by atoms with van der Waals surface area (Å²) in [7, 11) is -4.38. The standard InChI is InChI=1S/C14H12F3NO3S/c1-2-21-10-5-3-9(4-6-10)18-22(19,20)12-8-7-11(15)13(16)14(12)17/h3-8,18H,2H2,1H3. The molecule has 2 aromatic carbocycles. The van der Waals surface area contributed by atoms with E-state index < -0.39 is 32.4 Å². The molecule has 0 heterocycles. The van der Waals surface area contributed by atoms with Crippen LogP contribution < -0.4 is 9.46 Å². The Morgan fingerprint density at radius 2 is 1.64 bits per heavy atom. The predicted molar refractivity (Wildman–Crippen MR) is 74.7 cm³/mol. The molecule has 2 rings (SSSR count). The third-order valence-electron chi connectivity index (χ3n) is 2.71. The first-order chi connectivity index (χ1) is 10.3. The lowest BCUT2D eigenvalue weighted by Gasteiger charge is -2.10. The van der Waals surface area contributed by atoms with Crippen LogP contribution in [0.25, 0.3) is 0 Å². The van der Waals surface area contributed by atoms with Crippen LogP contribution in [0.2, 0.25) is 0 Å². The summed E-state index contributed by atoms with van der Waals surface area (Å²) in [5, 5.41) is 0. The molecule has 0 saturated carbocycles. The summed E-state index contributed by atoms with van der Waals surface area (Å²) in [4.78, 5) is -0.972. The largest absolute Gasteiger partial charge is 0.494 e. The second-order valence-electron chi connectivity index (χ2n) is 4.24. The number of benzene rings is 2. The van der Waals surface area contributed by atoms with Gasteiger partial charge in [0.2, 0.25) is 0 Å². The van der Waals surface area contributed by atoms with Gasteiger partial charge in [-0.15, -0.1) is 0 Å². The molecule has 0 aliphatic heterocycles. The Bertz CT molecular complexity index is 777. The van der Waals surface area contributed by atoms with E-state index in [1.165, 1.54) is 24.3 Å². The zero-order valence-corrected chi connectivity index (χ0v) is 12.3. The molecular formula is C14H12F3NO3S. The smallest absolute Gasteiger partial charge is 0.264 e. The Labute approximate surface area is 125 Å². The van der Waals surface area contributed by atoms with Crippen molar-refractivity contribution in [3.05, 3.63) is 53.8 Å². The van der Waals surface area contributed by atoms with Gasteiger partial charge in [-0.1, -0.05) is 0 Å². The Balaban J connectivity index is 2.30. The van der Waals surface area contributed by atoms with Crippen LogP contribution in [-0.2, 0) is 10.0 Å². The van der Waals surface area contributed by atoms with E-state index in [1.54, 1.807) is 6.92 Å². The highest BCUT2D eigenvalue weighted by Gasteiger charge is 2.24. The molecular weight excluding hydrogens is 319 g/mol. The molecule has 0 bridgehead atoms. The number of nitrogens with one attached hydrogen (secondary N) is 1. The first-order valence-electron chi connectivity index (χ1n) is 6.24. The van der Waals surface area contributed by atoms with Gasteiger partial charge in [-0.2, -0.15) is 0 Å². The lowest BCUT2D eigenvalue weighted by Crippen LogP contribution is -2.15. The third kappa shape index (κ3) is 3.33. The summed E-state index contributed by atoms with van der Waals surface area (Å²) >= 11 is 0. The van der Waals surface area contributed by atoms with Crippen molar-refractivity contribution in [1.29, 1.82) is 0 Å². The van der Waals surface area contributed by atoms with Crippen molar-refractivity contribution < 1.29 is 26.3 Å². The number of rotatable bonds is 5. The molecule has 0 aromatic heterocycles. The van der Waals surface area contributed by atoms with Crippen molar-refractivity contribution in [3.63, 3.8) is 0 Å². The van der Waals surface area contributed by atoms with E-state index in [4.69, 9.17) is 4.74 Å². The van der Waals surface area contributed by atoms with Gasteiger partial charge in [0.1, 0.15) is 10.6 Å². The molecule has 0 spiro atoms. The number of hydrogen-bond acceptors (Lipinski definition) is 3. The minimum atomic E-state index is -4.38. The molecule has 4 nitrogen and oxygen atoms in total. The Hall–Kier alpha value is -2.22. The van der Waals surface area contributed by atoms with Crippen LogP contribution in [-0.4, -0.2) is 15.0 Å². The van der Waals surface area contributed by atoms with Gasteiger partial charge in [0.15, 0.2) is 17.5 Å². The quantitative estimate of drug-likeness (QED) is 0.855. The first kappa shape index (κ1) is 16.2. The predicted octanol–water partition coefficient (Wildman–Crippen LogP) is 3.30. The first-order valence-corrected chi connectivity index (χ1v) is 7.72. The SMILES string of the molecule is CCOc1ccc(NS(=O)(=O)c2ccc(F)c(F)c2F)cc1. The summed E-state index contributed by atoms with van der Waals surface area (Å²) in [5.41, 5.74) is 0.132. The second-order valence-corrected chi connectivity index (χ2v) is 5.89. The molecule has 0 amide bonds. The van der Waals surface area contributed by atoms with Crippen LogP contribution >= 0.6 is 0 Å². The van der Waals surface area contributed by atoms with Crippen LogP contribution in [0, 0.1) is 17.5 Å². The van der Waals surface area contributed by atoms with Gasteiger partial charge in [0, 0.05) is 5.69 Å². The number of halogens is 3. The highest BCUT2D eigenvalue weighted by Crippen LogP contribution is 2.23. The van der Waals surface area contributed by atoms with Crippen molar-refractivity contribution in [1.82, 2.24) is 0 Å². The van der Waals surface area contributed by atoms with Gasteiger partial charge in [-0.25, -0.2) is 21.6 Å². The molecule has 0 aliphatic carbocycles. The molecule has 8 heteroatoms. The molecule has 22 heavy (non-hydrogen) atoms. The molecule has 0 aliphatic rings. The summed E-state index contributed by atoms with van der Waals surface area (Å²) in [6, 6.07) is 7.04. The van der Waals surface area contributed by atoms with Crippen molar-refractivity contribution in [2.75, 3.05) is 11.3 Å². The van der Waals surface area contributed by atoms with Gasteiger partial charge in [0.05, 0.1) is 6.61 Å². The van der Waals surface area contributed by atoms with E-state index in [1.807, 2.05) is 0 Å². The molecule has 1 N–H and O–H groups in total. The average molecular weight is 331 g/mol. The Morgan fingerprint density at radius 1 is 1.00 bits per heavy atom. The van der Waals surface area contributed by atoms with Crippen molar-refractivity contribution >= 4 is 15.7 Å². The highest BCUT2D eigenvalue weighted by atomic mass is 32.2. The molecule has 0 fully saturated rings. The molecule has 0 unspecified atom stereocenters. The van der Waals surface area contributed by atoms with Crippen molar-refractivity contribution in [2.24, 2.45) is 0 Å². The van der Waals surface area contributed by atoms with Gasteiger partial charge in [0.25, 0.3) is 10.0 Å². The fraction of sp³-hybridized carbons (Fsp3) is 0.143. The maximum absolute atomic E-state index is 13.6. The summed E-state index contributed by atoms with van der Waals surface area (Å²) < 4.78 is 70.9. The lowest BCUT2D eigenvalue weighted by molar-refractivity contribution is 0.340. The minimum absolute atomic E-state index is 0.132. The number of sulfonamides is 1. The lowest BCUT2D eigenvalue weighted by atomic mass is 10.3. The zero-order valence-electron chi connectivity index (χ0n) is 11.4. The van der Waals surface area contributed by atoms with E-state index in [2.05, 4.69) is 4.72 Å². The van der Waals surface area contributed by atoms with E-state index >= 15 is 0 Å². The van der Waals surface area contributed by atoms with Gasteiger partial charge < -0.3 is 4.74 Å². The zero-order chi connectivity index (χ0) is 16.3. The maximum atomic E-state index is 13.6. The monoisotopic (exact) mass is 331 g/mol. The molecule has 118 valence electrons. The normalized spacial score (nSPS) is 11.3. The van der Waals surface area contributed by atoms with Crippen LogP contribution in [0.4, 0.5) is 18.9 Å². The second kappa shape index (κ2) is 6.27. The highest BCUT2D eigenvalue weighted by molar-refractivity contribution is 7.92. The fourth-order valence-electron chi connectivity index (χ4n) is 1.71. The fourth-order valence-corrected chi connectivity index (χ4v) is 2.84. The average Bonchev–Trinajstić information content (AvgIpc) is 2.46. The Morgan fingerprint density at radius 3 is 2.23 bits per heavy atom. The van der Waals surface area contributed by atoms with Crippen LogP contribution in [0.15, 0.2) is 41.3 Å². The van der Waals surface area contributed by atoms with Crippen LogP contribution in [0.1, 0.15) is 6.92 Å². The van der Waals surface area contributed by atoms with E-state index in [0.29, 0.717) is 24.5 Å². The molecule has 0 radical (unpaired) electrons. The van der Waals surface area contributed by atoms with Crippen LogP contribution in [0.3, 0.4) is 0 Å². The van der Waals surface area contributed by atoms with Gasteiger partial charge in [-0.05, 0) is 43.3 Å². The summed E-state index contributed by atoms with van der Waals surface area (Å²) in [6.45, 7) is 2.24. The van der Waals surface area contributed by atoms with Gasteiger partial charge >= 0.3 is 0 Å².